The molecule has 2 heterocycles. The number of nitrogens with zero attached hydrogens (tertiary/aromatic N) is 3. The third-order valence-corrected chi connectivity index (χ3v) is 4.16. The number of aromatic nitrogens is 3. The molecule has 1 aromatic carbocycles. The second kappa shape index (κ2) is 6.63. The molecular formula is C18H16BrF3N4O. The van der Waals surface area contributed by atoms with Crippen molar-refractivity contribution in [3.05, 3.63) is 52.3 Å². The van der Waals surface area contributed by atoms with Crippen LogP contribution in [0.3, 0.4) is 0 Å². The van der Waals surface area contributed by atoms with Crippen molar-refractivity contribution in [3.8, 4) is 11.3 Å². The second-order valence-corrected chi connectivity index (χ2v) is 7.94. The fraction of sp³-hybridized carbons (Fsp3) is 0.278. The van der Waals surface area contributed by atoms with E-state index in [4.69, 9.17) is 0 Å². The number of benzene rings is 1. The fourth-order valence-corrected chi connectivity index (χ4v) is 2.77. The SMILES string of the molecule is CC(C)(C)NC(=O)c1cnn2c(C(F)(F)F)cc(-c3ccc(Br)cc3)nc12. The normalized spacial score (nSPS) is 12.4. The van der Waals surface area contributed by atoms with Gasteiger partial charge in [-0.1, -0.05) is 28.1 Å². The van der Waals surface area contributed by atoms with Gasteiger partial charge in [0.15, 0.2) is 11.3 Å². The summed E-state index contributed by atoms with van der Waals surface area (Å²) >= 11 is 3.29. The van der Waals surface area contributed by atoms with E-state index >= 15 is 0 Å². The molecule has 27 heavy (non-hydrogen) atoms. The number of rotatable bonds is 2. The maximum absolute atomic E-state index is 13.6. The van der Waals surface area contributed by atoms with Gasteiger partial charge in [-0.25, -0.2) is 9.50 Å². The third kappa shape index (κ3) is 4.13. The first kappa shape index (κ1) is 19.3. The lowest BCUT2D eigenvalue weighted by atomic mass is 10.1. The van der Waals surface area contributed by atoms with E-state index in [1.807, 2.05) is 0 Å². The molecule has 142 valence electrons. The number of halogens is 4. The zero-order chi connectivity index (χ0) is 20.0. The summed E-state index contributed by atoms with van der Waals surface area (Å²) in [6.07, 6.45) is -3.56. The van der Waals surface area contributed by atoms with Crippen LogP contribution in [0.4, 0.5) is 13.2 Å². The minimum absolute atomic E-state index is 0.0191. The lowest BCUT2D eigenvalue weighted by molar-refractivity contribution is -0.142. The molecule has 9 heteroatoms. The van der Waals surface area contributed by atoms with Crippen LogP contribution in [0.2, 0.25) is 0 Å². The van der Waals surface area contributed by atoms with Crippen molar-refractivity contribution in [2.45, 2.75) is 32.5 Å². The van der Waals surface area contributed by atoms with Crippen molar-refractivity contribution in [2.24, 2.45) is 0 Å². The van der Waals surface area contributed by atoms with Crippen molar-refractivity contribution in [3.63, 3.8) is 0 Å². The van der Waals surface area contributed by atoms with Gasteiger partial charge in [0.2, 0.25) is 0 Å². The van der Waals surface area contributed by atoms with E-state index in [1.165, 1.54) is 0 Å². The van der Waals surface area contributed by atoms with Crippen molar-refractivity contribution in [1.29, 1.82) is 0 Å². The van der Waals surface area contributed by atoms with E-state index in [2.05, 4.69) is 31.3 Å². The Bertz CT molecular complexity index is 1000. The molecule has 0 atom stereocenters. The Balaban J connectivity index is 2.22. The van der Waals surface area contributed by atoms with Gasteiger partial charge in [0.05, 0.1) is 11.9 Å². The Labute approximate surface area is 161 Å². The van der Waals surface area contributed by atoms with Gasteiger partial charge in [-0.2, -0.15) is 18.3 Å². The standard InChI is InChI=1S/C18H16BrF3N4O/c1-17(2,3)25-16(27)12-9-23-26-14(18(20,21)22)8-13(24-15(12)26)10-4-6-11(19)7-5-10/h4-9H,1-3H3,(H,25,27). The zero-order valence-electron chi connectivity index (χ0n) is 14.7. The summed E-state index contributed by atoms with van der Waals surface area (Å²) in [4.78, 5) is 16.8. The quantitative estimate of drug-likeness (QED) is 0.627. The predicted octanol–water partition coefficient (Wildman–Crippen LogP) is 4.71. The highest BCUT2D eigenvalue weighted by atomic mass is 79.9. The van der Waals surface area contributed by atoms with Crippen molar-refractivity contribution in [1.82, 2.24) is 19.9 Å². The zero-order valence-corrected chi connectivity index (χ0v) is 16.3. The highest BCUT2D eigenvalue weighted by molar-refractivity contribution is 9.10. The molecule has 0 saturated heterocycles. The third-order valence-electron chi connectivity index (χ3n) is 3.64. The molecule has 0 aliphatic heterocycles. The van der Waals surface area contributed by atoms with E-state index in [9.17, 15) is 18.0 Å². The first-order valence-electron chi connectivity index (χ1n) is 8.00. The minimum atomic E-state index is -4.66. The molecule has 3 aromatic rings. The van der Waals surface area contributed by atoms with Crippen LogP contribution in [0.5, 0.6) is 0 Å². The topological polar surface area (TPSA) is 59.3 Å². The fourth-order valence-electron chi connectivity index (χ4n) is 2.50. The van der Waals surface area contributed by atoms with Gasteiger partial charge < -0.3 is 5.32 Å². The molecule has 0 unspecified atom stereocenters. The monoisotopic (exact) mass is 440 g/mol. The Kier molecular flexibility index (Phi) is 4.75. The number of amides is 1. The summed E-state index contributed by atoms with van der Waals surface area (Å²) in [5.41, 5.74) is -1.12. The maximum atomic E-state index is 13.6. The van der Waals surface area contributed by atoms with Gasteiger partial charge in [0.1, 0.15) is 5.56 Å². The number of hydrogen-bond donors (Lipinski definition) is 1. The van der Waals surface area contributed by atoms with E-state index in [0.29, 0.717) is 10.1 Å². The number of carbonyl (C=O) groups excluding carboxylic acids is 1. The van der Waals surface area contributed by atoms with E-state index in [1.54, 1.807) is 45.0 Å². The summed E-state index contributed by atoms with van der Waals surface area (Å²) in [5, 5.41) is 6.47. The van der Waals surface area contributed by atoms with E-state index < -0.39 is 23.3 Å². The van der Waals surface area contributed by atoms with Crippen LogP contribution in [0.1, 0.15) is 36.8 Å². The minimum Gasteiger partial charge on any atom is -0.347 e. The molecular weight excluding hydrogens is 425 g/mol. The highest BCUT2D eigenvalue weighted by Crippen LogP contribution is 2.33. The molecule has 0 aliphatic rings. The number of carbonyl (C=O) groups is 1. The molecule has 5 nitrogen and oxygen atoms in total. The van der Waals surface area contributed by atoms with Crippen LogP contribution in [0.15, 0.2) is 41.0 Å². The van der Waals surface area contributed by atoms with Crippen LogP contribution in [0.25, 0.3) is 16.9 Å². The number of alkyl halides is 3. The molecule has 0 aliphatic carbocycles. The molecule has 0 radical (unpaired) electrons. The van der Waals surface area contributed by atoms with Gasteiger partial charge >= 0.3 is 6.18 Å². The highest BCUT2D eigenvalue weighted by Gasteiger charge is 2.36. The summed E-state index contributed by atoms with van der Waals surface area (Å²) in [5.74, 6) is -0.536. The maximum Gasteiger partial charge on any atom is 0.433 e. The number of fused-ring (bicyclic) bond motifs is 1. The molecule has 0 bridgehead atoms. The molecule has 1 amide bonds. The summed E-state index contributed by atoms with van der Waals surface area (Å²) < 4.78 is 42.1. The Hall–Kier alpha value is -2.42. The van der Waals surface area contributed by atoms with Gasteiger partial charge in [0.25, 0.3) is 5.91 Å². The summed E-state index contributed by atoms with van der Waals surface area (Å²) in [6.45, 7) is 5.33. The number of nitrogens with one attached hydrogen (secondary N) is 1. The van der Waals surface area contributed by atoms with Gasteiger partial charge in [-0.3, -0.25) is 4.79 Å². The molecule has 0 fully saturated rings. The van der Waals surface area contributed by atoms with Crippen molar-refractivity contribution >= 4 is 27.5 Å². The summed E-state index contributed by atoms with van der Waals surface area (Å²) in [6, 6.07) is 7.63. The smallest absolute Gasteiger partial charge is 0.347 e. The van der Waals surface area contributed by atoms with Crippen LogP contribution < -0.4 is 5.32 Å². The van der Waals surface area contributed by atoms with E-state index in [0.717, 1.165) is 16.7 Å². The van der Waals surface area contributed by atoms with Crippen molar-refractivity contribution in [2.75, 3.05) is 0 Å². The van der Waals surface area contributed by atoms with Gasteiger partial charge in [0, 0.05) is 15.6 Å². The van der Waals surface area contributed by atoms with Crippen LogP contribution in [0, 0.1) is 0 Å². The second-order valence-electron chi connectivity index (χ2n) is 7.03. The summed E-state index contributed by atoms with van der Waals surface area (Å²) in [7, 11) is 0. The molecule has 1 N–H and O–H groups in total. The largest absolute Gasteiger partial charge is 0.433 e. The van der Waals surface area contributed by atoms with E-state index in [-0.39, 0.29) is 16.9 Å². The average molecular weight is 441 g/mol. The van der Waals surface area contributed by atoms with Crippen LogP contribution in [-0.4, -0.2) is 26.0 Å². The lowest BCUT2D eigenvalue weighted by Gasteiger charge is -2.20. The molecule has 2 aromatic heterocycles. The Morgan fingerprint density at radius 1 is 1.15 bits per heavy atom. The van der Waals surface area contributed by atoms with Crippen molar-refractivity contribution < 1.29 is 18.0 Å². The first-order valence-corrected chi connectivity index (χ1v) is 8.79. The first-order chi connectivity index (χ1) is 12.5. The Morgan fingerprint density at radius 3 is 2.33 bits per heavy atom. The van der Waals surface area contributed by atoms with Crippen LogP contribution >= 0.6 is 15.9 Å². The predicted molar refractivity (Wildman–Crippen MR) is 98.3 cm³/mol. The average Bonchev–Trinajstić information content (AvgIpc) is 2.96. The van der Waals surface area contributed by atoms with Crippen LogP contribution in [-0.2, 0) is 6.18 Å². The molecule has 3 rings (SSSR count). The lowest BCUT2D eigenvalue weighted by Crippen LogP contribution is -2.40. The number of hydrogen-bond acceptors (Lipinski definition) is 3. The Morgan fingerprint density at radius 2 is 1.78 bits per heavy atom. The van der Waals surface area contributed by atoms with Gasteiger partial charge in [-0.15, -0.1) is 0 Å². The van der Waals surface area contributed by atoms with Gasteiger partial charge in [-0.05, 0) is 39.0 Å². The molecule has 0 spiro atoms. The molecule has 0 saturated carbocycles.